The first-order chi connectivity index (χ1) is 11.5. The van der Waals surface area contributed by atoms with Crippen molar-refractivity contribution in [3.05, 3.63) is 45.1 Å². The lowest BCUT2D eigenvalue weighted by atomic mass is 9.91. The summed E-state index contributed by atoms with van der Waals surface area (Å²) in [5.74, 6) is -0.161. The van der Waals surface area contributed by atoms with Gasteiger partial charge in [-0.05, 0) is 25.1 Å². The normalized spacial score (nSPS) is 11.5. The van der Waals surface area contributed by atoms with E-state index in [2.05, 4.69) is 5.10 Å². The summed E-state index contributed by atoms with van der Waals surface area (Å²) in [6.07, 6.45) is 0. The van der Waals surface area contributed by atoms with Crippen molar-refractivity contribution in [2.75, 3.05) is 6.61 Å². The van der Waals surface area contributed by atoms with E-state index in [-0.39, 0.29) is 34.6 Å². The summed E-state index contributed by atoms with van der Waals surface area (Å²) in [5, 5.41) is 4.92. The number of carbonyl (C=O) groups excluding carboxylic acids is 2. The number of hydrogen-bond donors (Lipinski definition) is 0. The molecule has 0 aliphatic carbocycles. The van der Waals surface area contributed by atoms with Gasteiger partial charge in [-0.1, -0.05) is 44.0 Å². The minimum atomic E-state index is -0.530. The number of benzene rings is 1. The summed E-state index contributed by atoms with van der Waals surface area (Å²) in [6.45, 7) is 7.00. The summed E-state index contributed by atoms with van der Waals surface area (Å²) < 4.78 is 7.09. The molecule has 25 heavy (non-hydrogen) atoms. The van der Waals surface area contributed by atoms with E-state index < -0.39 is 5.41 Å². The topological polar surface area (TPSA) is 61.2 Å². The van der Waals surface area contributed by atoms with Crippen molar-refractivity contribution in [1.82, 2.24) is 9.78 Å². The van der Waals surface area contributed by atoms with Gasteiger partial charge >= 0.3 is 0 Å². The minimum Gasteiger partial charge on any atom is -0.469 e. The summed E-state index contributed by atoms with van der Waals surface area (Å²) in [5.41, 5.74) is 0.552. The zero-order valence-electron chi connectivity index (χ0n) is 14.8. The van der Waals surface area contributed by atoms with Crippen molar-refractivity contribution in [2.24, 2.45) is 12.5 Å². The Bertz CT molecular complexity index is 836. The molecule has 7 heteroatoms. The van der Waals surface area contributed by atoms with E-state index >= 15 is 0 Å². The second kappa shape index (κ2) is 7.18. The van der Waals surface area contributed by atoms with E-state index in [9.17, 15) is 9.59 Å². The first-order valence-corrected chi connectivity index (χ1v) is 8.47. The lowest BCUT2D eigenvalue weighted by Crippen LogP contribution is -2.27. The van der Waals surface area contributed by atoms with Crippen LogP contribution in [0.25, 0.3) is 0 Å². The lowest BCUT2D eigenvalue weighted by Gasteiger charge is -2.17. The minimum absolute atomic E-state index is 0.0747. The molecule has 0 unspecified atom stereocenters. The molecule has 0 bridgehead atoms. The van der Waals surface area contributed by atoms with Crippen LogP contribution in [-0.4, -0.2) is 28.0 Å². The van der Waals surface area contributed by atoms with Gasteiger partial charge in [0.2, 0.25) is 11.7 Å². The van der Waals surface area contributed by atoms with Crippen molar-refractivity contribution in [1.29, 1.82) is 0 Å². The van der Waals surface area contributed by atoms with Crippen molar-refractivity contribution in [3.8, 4) is 5.88 Å². The molecule has 5 nitrogen and oxygen atoms in total. The second-order valence-corrected chi connectivity index (χ2v) is 7.65. The summed E-state index contributed by atoms with van der Waals surface area (Å²) >= 11 is 12.0. The highest BCUT2D eigenvalue weighted by Crippen LogP contribution is 2.29. The molecule has 134 valence electrons. The molecule has 0 radical (unpaired) electrons. The van der Waals surface area contributed by atoms with E-state index in [1.807, 2.05) is 20.8 Å². The maximum absolute atomic E-state index is 12.9. The number of rotatable bonds is 5. The first kappa shape index (κ1) is 19.5. The Labute approximate surface area is 156 Å². The van der Waals surface area contributed by atoms with Gasteiger partial charge in [-0.2, -0.15) is 5.10 Å². The van der Waals surface area contributed by atoms with Gasteiger partial charge in [-0.25, -0.2) is 4.68 Å². The van der Waals surface area contributed by atoms with E-state index in [4.69, 9.17) is 27.9 Å². The SMILES string of the molecule is Cc1nn(C)c(OCC(=O)C(C)(C)C)c1C(=O)c1ccc(Cl)cc1Cl. The summed E-state index contributed by atoms with van der Waals surface area (Å²) in [4.78, 5) is 25.1. The zero-order valence-corrected chi connectivity index (χ0v) is 16.3. The van der Waals surface area contributed by atoms with Gasteiger partial charge in [0.1, 0.15) is 12.2 Å². The largest absolute Gasteiger partial charge is 0.469 e. The molecule has 2 aromatic rings. The van der Waals surface area contributed by atoms with Crippen molar-refractivity contribution in [3.63, 3.8) is 0 Å². The fourth-order valence-electron chi connectivity index (χ4n) is 2.22. The molecule has 1 aromatic carbocycles. The van der Waals surface area contributed by atoms with Crippen LogP contribution in [0.1, 0.15) is 42.4 Å². The third-order valence-corrected chi connectivity index (χ3v) is 4.30. The van der Waals surface area contributed by atoms with Gasteiger partial charge in [0.05, 0.1) is 10.7 Å². The molecule has 0 aliphatic heterocycles. The molecule has 0 fully saturated rings. The van der Waals surface area contributed by atoms with Gasteiger partial charge in [0.15, 0.2) is 5.78 Å². The number of carbonyl (C=O) groups is 2. The predicted molar refractivity (Wildman–Crippen MR) is 97.8 cm³/mol. The molecule has 1 aromatic heterocycles. The second-order valence-electron chi connectivity index (χ2n) is 6.80. The van der Waals surface area contributed by atoms with E-state index in [1.165, 1.54) is 10.7 Å². The Kier molecular flexibility index (Phi) is 5.59. The van der Waals surface area contributed by atoms with E-state index in [0.29, 0.717) is 16.3 Å². The number of ketones is 2. The van der Waals surface area contributed by atoms with Gasteiger partial charge in [0.25, 0.3) is 0 Å². The Hall–Kier alpha value is -1.85. The molecular weight excluding hydrogens is 363 g/mol. The number of aryl methyl sites for hydroxylation is 2. The van der Waals surface area contributed by atoms with Crippen LogP contribution >= 0.6 is 23.2 Å². The molecule has 0 spiro atoms. The Morgan fingerprint density at radius 3 is 2.44 bits per heavy atom. The average Bonchev–Trinajstić information content (AvgIpc) is 2.77. The van der Waals surface area contributed by atoms with Crippen molar-refractivity contribution >= 4 is 34.8 Å². The fourth-order valence-corrected chi connectivity index (χ4v) is 2.72. The van der Waals surface area contributed by atoms with Crippen molar-refractivity contribution in [2.45, 2.75) is 27.7 Å². The monoisotopic (exact) mass is 382 g/mol. The van der Waals surface area contributed by atoms with Gasteiger partial charge < -0.3 is 4.74 Å². The summed E-state index contributed by atoms with van der Waals surface area (Å²) in [6, 6.07) is 4.66. The van der Waals surface area contributed by atoms with Crippen LogP contribution in [-0.2, 0) is 11.8 Å². The average molecular weight is 383 g/mol. The molecular formula is C18H20Cl2N2O3. The van der Waals surface area contributed by atoms with Gasteiger partial charge in [-0.3, -0.25) is 9.59 Å². The maximum atomic E-state index is 12.9. The Morgan fingerprint density at radius 2 is 1.88 bits per heavy atom. The van der Waals surface area contributed by atoms with Gasteiger partial charge in [0, 0.05) is 23.0 Å². The van der Waals surface area contributed by atoms with Crippen LogP contribution in [0, 0.1) is 12.3 Å². The maximum Gasteiger partial charge on any atom is 0.223 e. The molecule has 1 heterocycles. The van der Waals surface area contributed by atoms with Crippen molar-refractivity contribution < 1.29 is 14.3 Å². The molecule has 2 rings (SSSR count). The molecule has 0 saturated carbocycles. The predicted octanol–water partition coefficient (Wildman–Crippen LogP) is 4.26. The van der Waals surface area contributed by atoms with E-state index in [0.717, 1.165) is 0 Å². The smallest absolute Gasteiger partial charge is 0.223 e. The molecule has 0 atom stereocenters. The highest BCUT2D eigenvalue weighted by atomic mass is 35.5. The van der Waals surface area contributed by atoms with Crippen LogP contribution < -0.4 is 4.74 Å². The molecule has 0 aliphatic rings. The van der Waals surface area contributed by atoms with Crippen LogP contribution in [0.2, 0.25) is 10.0 Å². The van der Waals surface area contributed by atoms with Crippen LogP contribution in [0.4, 0.5) is 0 Å². The number of ether oxygens (including phenoxy) is 1. The van der Waals surface area contributed by atoms with E-state index in [1.54, 1.807) is 26.1 Å². The lowest BCUT2D eigenvalue weighted by molar-refractivity contribution is -0.128. The Morgan fingerprint density at radius 1 is 1.24 bits per heavy atom. The fraction of sp³-hybridized carbons (Fsp3) is 0.389. The van der Waals surface area contributed by atoms with Crippen LogP contribution in [0.5, 0.6) is 5.88 Å². The highest BCUT2D eigenvalue weighted by Gasteiger charge is 2.27. The Balaban J connectivity index is 2.38. The number of hydrogen-bond acceptors (Lipinski definition) is 4. The highest BCUT2D eigenvalue weighted by molar-refractivity contribution is 6.37. The quantitative estimate of drug-likeness (QED) is 0.724. The van der Waals surface area contributed by atoms with Crippen LogP contribution in [0.3, 0.4) is 0 Å². The third-order valence-electron chi connectivity index (χ3n) is 3.75. The number of nitrogens with zero attached hydrogens (tertiary/aromatic N) is 2. The summed E-state index contributed by atoms with van der Waals surface area (Å²) in [7, 11) is 1.66. The van der Waals surface area contributed by atoms with Gasteiger partial charge in [-0.15, -0.1) is 0 Å². The zero-order chi connectivity index (χ0) is 18.9. The van der Waals surface area contributed by atoms with Crippen LogP contribution in [0.15, 0.2) is 18.2 Å². The number of Topliss-reactive ketones (excluding diaryl/α,β-unsaturated/α-hetero) is 1. The number of aromatic nitrogens is 2. The molecule has 0 amide bonds. The number of halogens is 2. The standard InChI is InChI=1S/C18H20Cl2N2O3/c1-10-15(16(24)12-7-6-11(19)8-13(12)20)17(22(5)21-10)25-9-14(23)18(2,3)4/h6-8H,9H2,1-5H3. The molecule has 0 N–H and O–H groups in total. The third kappa shape index (κ3) is 4.22. The first-order valence-electron chi connectivity index (χ1n) is 7.72. The molecule has 0 saturated heterocycles.